The van der Waals surface area contributed by atoms with Gasteiger partial charge in [-0.25, -0.2) is 4.79 Å². The lowest BCUT2D eigenvalue weighted by molar-refractivity contribution is -0.140. The molecule has 0 aliphatic carbocycles. The van der Waals surface area contributed by atoms with Gasteiger partial charge < -0.3 is 4.90 Å². The third-order valence-electron chi connectivity index (χ3n) is 1.63. The van der Waals surface area contributed by atoms with Crippen LogP contribution in [0.25, 0.3) is 0 Å². The summed E-state index contributed by atoms with van der Waals surface area (Å²) in [5.74, 6) is -0.827. The van der Waals surface area contributed by atoms with Crippen molar-refractivity contribution in [2.45, 2.75) is 25.4 Å². The topological polar surface area (TPSA) is 49.4 Å². The van der Waals surface area contributed by atoms with E-state index in [1.807, 2.05) is 0 Å². The molecule has 1 atom stereocenters. The van der Waals surface area contributed by atoms with E-state index in [-0.39, 0.29) is 6.54 Å². The van der Waals surface area contributed by atoms with Crippen LogP contribution in [0, 0.1) is 0 Å². The summed E-state index contributed by atoms with van der Waals surface area (Å²) in [4.78, 5) is 22.6. The maximum absolute atomic E-state index is 12.0. The number of halogens is 4. The molecule has 0 radical (unpaired) electrons. The van der Waals surface area contributed by atoms with Crippen molar-refractivity contribution in [3.63, 3.8) is 0 Å². The summed E-state index contributed by atoms with van der Waals surface area (Å²) in [6, 6.07) is -1.10. The normalized spacial score (nSPS) is 13.1. The lowest BCUT2D eigenvalue weighted by Gasteiger charge is -2.22. The molecular weight excluding hydrogens is 249 g/mol. The van der Waals surface area contributed by atoms with Gasteiger partial charge in [-0.2, -0.15) is 13.2 Å². The fourth-order valence-corrected chi connectivity index (χ4v) is 0.882. The Balaban J connectivity index is 4.38. The van der Waals surface area contributed by atoms with Gasteiger partial charge in [0.2, 0.25) is 5.91 Å². The van der Waals surface area contributed by atoms with E-state index < -0.39 is 30.0 Å². The Morgan fingerprint density at radius 3 is 2.25 bits per heavy atom. The van der Waals surface area contributed by atoms with E-state index in [0.717, 1.165) is 0 Å². The molecule has 0 aliphatic rings. The lowest BCUT2D eigenvalue weighted by atomic mass is 10.4. The first-order valence-corrected chi connectivity index (χ1v) is 4.91. The monoisotopic (exact) mass is 260 g/mol. The number of amides is 3. The maximum Gasteiger partial charge on any atom is 0.406 e. The van der Waals surface area contributed by atoms with Crippen LogP contribution in [-0.2, 0) is 4.79 Å². The highest BCUT2D eigenvalue weighted by atomic mass is 35.5. The van der Waals surface area contributed by atoms with E-state index in [1.165, 1.54) is 13.8 Å². The summed E-state index contributed by atoms with van der Waals surface area (Å²) in [5, 5.41) is 0.791. The van der Waals surface area contributed by atoms with Gasteiger partial charge in [-0.3, -0.25) is 10.1 Å². The largest absolute Gasteiger partial charge is 0.406 e. The Morgan fingerprint density at radius 2 is 1.94 bits per heavy atom. The molecule has 4 nitrogen and oxygen atoms in total. The molecule has 0 spiro atoms. The molecule has 0 aromatic rings. The van der Waals surface area contributed by atoms with Crippen LogP contribution in [0.2, 0.25) is 0 Å². The molecule has 0 aromatic heterocycles. The lowest BCUT2D eigenvalue weighted by Crippen LogP contribution is -2.48. The molecule has 0 saturated carbocycles. The molecule has 0 bridgehead atoms. The van der Waals surface area contributed by atoms with Crippen molar-refractivity contribution in [3.05, 3.63) is 0 Å². The van der Waals surface area contributed by atoms with E-state index >= 15 is 0 Å². The van der Waals surface area contributed by atoms with E-state index in [0.29, 0.717) is 4.90 Å². The van der Waals surface area contributed by atoms with Crippen molar-refractivity contribution in [1.29, 1.82) is 0 Å². The second kappa shape index (κ2) is 5.93. The number of hydrogen-bond donors (Lipinski definition) is 1. The minimum Gasteiger partial charge on any atom is -0.316 e. The van der Waals surface area contributed by atoms with Gasteiger partial charge >= 0.3 is 12.2 Å². The molecule has 0 saturated heterocycles. The number of urea groups is 1. The third-order valence-corrected chi connectivity index (χ3v) is 1.83. The van der Waals surface area contributed by atoms with Crippen LogP contribution in [0.5, 0.6) is 0 Å². The molecule has 94 valence electrons. The van der Waals surface area contributed by atoms with E-state index in [9.17, 15) is 22.8 Å². The molecule has 0 heterocycles. The predicted octanol–water partition coefficient (Wildman–Crippen LogP) is 1.73. The highest BCUT2D eigenvalue weighted by molar-refractivity contribution is 6.31. The Kier molecular flexibility index (Phi) is 5.57. The van der Waals surface area contributed by atoms with E-state index in [4.69, 9.17) is 11.6 Å². The summed E-state index contributed by atoms with van der Waals surface area (Å²) in [7, 11) is 0. The number of alkyl halides is 4. The quantitative estimate of drug-likeness (QED) is 0.786. The SMILES string of the molecule is CCN(CC(F)(F)F)C(=O)NC(=O)C(C)Cl. The van der Waals surface area contributed by atoms with Gasteiger partial charge in [-0.15, -0.1) is 11.6 Å². The van der Waals surface area contributed by atoms with Crippen molar-refractivity contribution < 1.29 is 22.8 Å². The van der Waals surface area contributed by atoms with Crippen LogP contribution >= 0.6 is 11.6 Å². The van der Waals surface area contributed by atoms with Gasteiger partial charge in [0.25, 0.3) is 0 Å². The number of nitrogens with one attached hydrogen (secondary N) is 1. The number of imide groups is 1. The second-order valence-corrected chi connectivity index (χ2v) is 3.69. The molecule has 16 heavy (non-hydrogen) atoms. The first-order chi connectivity index (χ1) is 7.17. The highest BCUT2D eigenvalue weighted by Crippen LogP contribution is 2.16. The van der Waals surface area contributed by atoms with Crippen LogP contribution in [-0.4, -0.2) is 41.5 Å². The minimum absolute atomic E-state index is 0.157. The van der Waals surface area contributed by atoms with E-state index in [2.05, 4.69) is 0 Å². The Hall–Kier alpha value is -0.980. The average molecular weight is 261 g/mol. The van der Waals surface area contributed by atoms with Gasteiger partial charge in [0, 0.05) is 6.54 Å². The van der Waals surface area contributed by atoms with Crippen LogP contribution in [0.1, 0.15) is 13.8 Å². The number of rotatable bonds is 3. The van der Waals surface area contributed by atoms with Gasteiger partial charge in [0.05, 0.1) is 0 Å². The summed E-state index contributed by atoms with van der Waals surface area (Å²) in [6.45, 7) is 1.12. The molecule has 1 N–H and O–H groups in total. The van der Waals surface area contributed by atoms with Crippen molar-refractivity contribution in [1.82, 2.24) is 10.2 Å². The van der Waals surface area contributed by atoms with Gasteiger partial charge in [0.1, 0.15) is 11.9 Å². The average Bonchev–Trinajstić information content (AvgIpc) is 2.12. The Bertz CT molecular complexity index is 268. The molecule has 3 amide bonds. The molecule has 0 fully saturated rings. The molecule has 0 rings (SSSR count). The second-order valence-electron chi connectivity index (χ2n) is 3.04. The first-order valence-electron chi connectivity index (χ1n) is 4.48. The molecule has 8 heteroatoms. The number of carbonyl (C=O) groups is 2. The summed E-state index contributed by atoms with van der Waals surface area (Å²) in [5.41, 5.74) is 0. The Morgan fingerprint density at radius 1 is 1.44 bits per heavy atom. The van der Waals surface area contributed by atoms with Crippen molar-refractivity contribution >= 4 is 23.5 Å². The van der Waals surface area contributed by atoms with Gasteiger partial charge in [-0.05, 0) is 13.8 Å². The van der Waals surface area contributed by atoms with Crippen molar-refractivity contribution in [2.24, 2.45) is 0 Å². The number of hydrogen-bond acceptors (Lipinski definition) is 2. The van der Waals surface area contributed by atoms with Gasteiger partial charge in [-0.1, -0.05) is 0 Å². The summed E-state index contributed by atoms with van der Waals surface area (Å²) in [6.07, 6.45) is -4.50. The highest BCUT2D eigenvalue weighted by Gasteiger charge is 2.32. The van der Waals surface area contributed by atoms with Crippen LogP contribution in [0.3, 0.4) is 0 Å². The predicted molar refractivity (Wildman–Crippen MR) is 52.2 cm³/mol. The van der Waals surface area contributed by atoms with Crippen LogP contribution in [0.15, 0.2) is 0 Å². The standard InChI is InChI=1S/C8H12ClF3N2O2/c1-3-14(4-8(10,11)12)7(16)13-6(15)5(2)9/h5H,3-4H2,1-2H3,(H,13,15,16). The van der Waals surface area contributed by atoms with Crippen LogP contribution < -0.4 is 5.32 Å². The molecule has 0 aromatic carbocycles. The third kappa shape index (κ3) is 5.79. The van der Waals surface area contributed by atoms with Gasteiger partial charge in [0.15, 0.2) is 0 Å². The summed E-state index contributed by atoms with van der Waals surface area (Å²) < 4.78 is 36.0. The van der Waals surface area contributed by atoms with Crippen molar-refractivity contribution in [2.75, 3.05) is 13.1 Å². The Labute approximate surface area is 95.7 Å². The molecular formula is C8H12ClF3N2O2. The van der Waals surface area contributed by atoms with E-state index in [1.54, 1.807) is 5.32 Å². The molecule has 1 unspecified atom stereocenters. The molecule has 0 aliphatic heterocycles. The zero-order valence-corrected chi connectivity index (χ0v) is 9.52. The zero-order chi connectivity index (χ0) is 12.9. The fraction of sp³-hybridized carbons (Fsp3) is 0.750. The number of nitrogens with zero attached hydrogens (tertiary/aromatic N) is 1. The van der Waals surface area contributed by atoms with Crippen LogP contribution in [0.4, 0.5) is 18.0 Å². The maximum atomic E-state index is 12.0. The first kappa shape index (κ1) is 15.0. The van der Waals surface area contributed by atoms with Crippen molar-refractivity contribution in [3.8, 4) is 0 Å². The fourth-order valence-electron chi connectivity index (χ4n) is 0.828. The smallest absolute Gasteiger partial charge is 0.316 e. The number of carbonyl (C=O) groups excluding carboxylic acids is 2. The minimum atomic E-state index is -4.50. The zero-order valence-electron chi connectivity index (χ0n) is 8.77. The summed E-state index contributed by atoms with van der Waals surface area (Å²) >= 11 is 5.35.